The maximum atomic E-state index is 13.0. The fourth-order valence-corrected chi connectivity index (χ4v) is 3.81. The smallest absolute Gasteiger partial charge is 0.267 e. The van der Waals surface area contributed by atoms with Gasteiger partial charge < -0.3 is 0 Å². The van der Waals surface area contributed by atoms with Crippen molar-refractivity contribution in [3.8, 4) is 11.1 Å². The summed E-state index contributed by atoms with van der Waals surface area (Å²) in [5, 5.41) is 0.487. The fourth-order valence-electron chi connectivity index (χ4n) is 2.81. The van der Waals surface area contributed by atoms with Crippen LogP contribution in [0.25, 0.3) is 21.3 Å². The number of nitrogens with one attached hydrogen (secondary N) is 1. The maximum Gasteiger partial charge on any atom is 0.290 e. The van der Waals surface area contributed by atoms with Gasteiger partial charge >= 0.3 is 0 Å². The van der Waals surface area contributed by atoms with Crippen molar-refractivity contribution >= 4 is 27.5 Å². The van der Waals surface area contributed by atoms with E-state index in [4.69, 9.17) is 0 Å². The van der Waals surface area contributed by atoms with Crippen LogP contribution in [-0.2, 0) is 0 Å². The number of nitrogens with zero attached hydrogens (tertiary/aromatic N) is 4. The first-order valence-electron chi connectivity index (χ1n) is 8.21. The minimum atomic E-state index is -0.529. The second kappa shape index (κ2) is 6.73. The van der Waals surface area contributed by atoms with Gasteiger partial charge in [-0.1, -0.05) is 30.3 Å². The molecule has 1 aromatic carbocycles. The van der Waals surface area contributed by atoms with Gasteiger partial charge in [-0.2, -0.15) is 0 Å². The number of aryl methyl sites for hydroxylation is 2. The molecule has 4 aromatic rings. The minimum absolute atomic E-state index is 0.123. The van der Waals surface area contributed by atoms with E-state index in [0.717, 1.165) is 20.7 Å². The van der Waals surface area contributed by atoms with Crippen molar-refractivity contribution in [3.63, 3.8) is 0 Å². The van der Waals surface area contributed by atoms with E-state index in [2.05, 4.69) is 20.4 Å². The second-order valence-corrected chi connectivity index (χ2v) is 7.19. The molecule has 4 rings (SSSR count). The molecule has 3 heterocycles. The van der Waals surface area contributed by atoms with E-state index in [1.807, 2.05) is 37.3 Å². The third kappa shape index (κ3) is 3.11. The van der Waals surface area contributed by atoms with Crippen molar-refractivity contribution in [2.75, 3.05) is 5.43 Å². The SMILES string of the molecule is Cc1cnc(C(=O)Nn2cnc3sc(C)c(-c4ccccc4)c3c2=O)cn1. The fraction of sp³-hybridized carbons (Fsp3) is 0.105. The van der Waals surface area contributed by atoms with Gasteiger partial charge in [0.05, 0.1) is 17.3 Å². The highest BCUT2D eigenvalue weighted by Gasteiger charge is 2.18. The zero-order chi connectivity index (χ0) is 19.0. The van der Waals surface area contributed by atoms with Crippen molar-refractivity contribution in [3.05, 3.63) is 75.7 Å². The number of hydrogen-bond acceptors (Lipinski definition) is 6. The Bertz CT molecular complexity index is 1200. The molecule has 134 valence electrons. The lowest BCUT2D eigenvalue weighted by Gasteiger charge is -2.08. The van der Waals surface area contributed by atoms with Crippen LogP contribution in [0, 0.1) is 13.8 Å². The van der Waals surface area contributed by atoms with Gasteiger partial charge in [0.15, 0.2) is 0 Å². The summed E-state index contributed by atoms with van der Waals surface area (Å²) in [4.78, 5) is 39.5. The lowest BCUT2D eigenvalue weighted by Crippen LogP contribution is -2.33. The Balaban J connectivity index is 1.79. The predicted octanol–water partition coefficient (Wildman–Crippen LogP) is 2.92. The lowest BCUT2D eigenvalue weighted by molar-refractivity contribution is 0.100. The Kier molecular flexibility index (Phi) is 4.25. The van der Waals surface area contributed by atoms with Crippen LogP contribution < -0.4 is 11.0 Å². The van der Waals surface area contributed by atoms with E-state index in [1.165, 1.54) is 30.1 Å². The molecule has 27 heavy (non-hydrogen) atoms. The highest BCUT2D eigenvalue weighted by molar-refractivity contribution is 7.19. The number of aromatic nitrogens is 4. The maximum absolute atomic E-state index is 13.0. The second-order valence-electron chi connectivity index (χ2n) is 5.98. The Morgan fingerprint density at radius 2 is 1.85 bits per heavy atom. The predicted molar refractivity (Wildman–Crippen MR) is 105 cm³/mol. The molecule has 1 N–H and O–H groups in total. The van der Waals surface area contributed by atoms with Crippen LogP contribution >= 0.6 is 11.3 Å². The topological polar surface area (TPSA) is 89.8 Å². The van der Waals surface area contributed by atoms with Gasteiger partial charge in [0.25, 0.3) is 11.5 Å². The Labute approximate surface area is 158 Å². The van der Waals surface area contributed by atoms with Crippen LogP contribution in [0.4, 0.5) is 0 Å². The number of hydrogen-bond donors (Lipinski definition) is 1. The lowest BCUT2D eigenvalue weighted by atomic mass is 10.0. The number of amides is 1. The molecule has 0 spiro atoms. The van der Waals surface area contributed by atoms with Gasteiger partial charge in [-0.25, -0.2) is 14.6 Å². The normalized spacial score (nSPS) is 10.9. The molecule has 0 atom stereocenters. The Morgan fingerprint density at radius 1 is 1.07 bits per heavy atom. The van der Waals surface area contributed by atoms with E-state index in [-0.39, 0.29) is 11.3 Å². The van der Waals surface area contributed by atoms with Gasteiger partial charge in [0.2, 0.25) is 0 Å². The molecule has 0 aliphatic rings. The molecule has 0 aliphatic carbocycles. The molecular weight excluding hydrogens is 362 g/mol. The van der Waals surface area contributed by atoms with Crippen molar-refractivity contribution in [2.24, 2.45) is 0 Å². The molecule has 0 radical (unpaired) electrons. The number of thiophene rings is 1. The molecule has 0 bridgehead atoms. The first-order valence-corrected chi connectivity index (χ1v) is 9.02. The average Bonchev–Trinajstić information content (AvgIpc) is 3.02. The van der Waals surface area contributed by atoms with E-state index < -0.39 is 5.91 Å². The highest BCUT2D eigenvalue weighted by atomic mass is 32.1. The molecule has 0 saturated carbocycles. The van der Waals surface area contributed by atoms with E-state index in [1.54, 1.807) is 6.92 Å². The van der Waals surface area contributed by atoms with Crippen molar-refractivity contribution < 1.29 is 4.79 Å². The van der Waals surface area contributed by atoms with E-state index in [9.17, 15) is 9.59 Å². The van der Waals surface area contributed by atoms with Crippen LogP contribution in [0.5, 0.6) is 0 Å². The Morgan fingerprint density at radius 3 is 2.56 bits per heavy atom. The third-order valence-electron chi connectivity index (χ3n) is 4.09. The first-order chi connectivity index (χ1) is 13.0. The average molecular weight is 377 g/mol. The van der Waals surface area contributed by atoms with Crippen molar-refractivity contribution in [1.82, 2.24) is 19.6 Å². The standard InChI is InChI=1S/C19H15N5O2S/c1-11-8-21-14(9-20-11)17(25)23-24-10-22-18-16(19(24)26)15(12(2)27-18)13-6-4-3-5-7-13/h3-10H,1-2H3,(H,23,25). The molecule has 0 fully saturated rings. The summed E-state index contributed by atoms with van der Waals surface area (Å²) in [5.74, 6) is -0.529. The number of benzene rings is 1. The molecule has 0 saturated heterocycles. The van der Waals surface area contributed by atoms with Crippen molar-refractivity contribution in [2.45, 2.75) is 13.8 Å². The largest absolute Gasteiger partial charge is 0.290 e. The third-order valence-corrected chi connectivity index (χ3v) is 5.10. The summed E-state index contributed by atoms with van der Waals surface area (Å²) in [6.45, 7) is 3.74. The first kappa shape index (κ1) is 17.0. The summed E-state index contributed by atoms with van der Waals surface area (Å²) in [5.41, 5.74) is 4.80. The van der Waals surface area contributed by atoms with Crippen LogP contribution in [0.15, 0.2) is 53.8 Å². The van der Waals surface area contributed by atoms with Crippen molar-refractivity contribution in [1.29, 1.82) is 0 Å². The number of carbonyl (C=O) groups is 1. The van der Waals surface area contributed by atoms with E-state index >= 15 is 0 Å². The molecule has 1 amide bonds. The zero-order valence-electron chi connectivity index (χ0n) is 14.6. The van der Waals surface area contributed by atoms with Crippen LogP contribution in [0.1, 0.15) is 21.1 Å². The van der Waals surface area contributed by atoms with Crippen LogP contribution in [0.3, 0.4) is 0 Å². The quantitative estimate of drug-likeness (QED) is 0.593. The van der Waals surface area contributed by atoms with Gasteiger partial charge in [0.1, 0.15) is 16.9 Å². The summed E-state index contributed by atoms with van der Waals surface area (Å²) in [6.07, 6.45) is 4.18. The minimum Gasteiger partial charge on any atom is -0.267 e. The summed E-state index contributed by atoms with van der Waals surface area (Å²) < 4.78 is 1.09. The molecule has 0 unspecified atom stereocenters. The zero-order valence-corrected chi connectivity index (χ0v) is 15.4. The summed E-state index contributed by atoms with van der Waals surface area (Å²) in [6, 6.07) is 9.67. The summed E-state index contributed by atoms with van der Waals surface area (Å²) in [7, 11) is 0. The van der Waals surface area contributed by atoms with Gasteiger partial charge in [-0.05, 0) is 19.4 Å². The molecule has 3 aromatic heterocycles. The van der Waals surface area contributed by atoms with E-state index in [0.29, 0.717) is 15.9 Å². The molecule has 0 aliphatic heterocycles. The monoisotopic (exact) mass is 377 g/mol. The summed E-state index contributed by atoms with van der Waals surface area (Å²) >= 11 is 1.45. The van der Waals surface area contributed by atoms with Crippen LogP contribution in [0.2, 0.25) is 0 Å². The van der Waals surface area contributed by atoms with Gasteiger partial charge in [-0.15, -0.1) is 11.3 Å². The highest BCUT2D eigenvalue weighted by Crippen LogP contribution is 2.35. The number of fused-ring (bicyclic) bond motifs is 1. The molecular formula is C19H15N5O2S. The Hall–Kier alpha value is -3.39. The molecule has 7 nitrogen and oxygen atoms in total. The van der Waals surface area contributed by atoms with Gasteiger partial charge in [0, 0.05) is 16.6 Å². The van der Waals surface area contributed by atoms with Crippen LogP contribution in [-0.4, -0.2) is 25.5 Å². The van der Waals surface area contributed by atoms with Gasteiger partial charge in [-0.3, -0.25) is 20.0 Å². The molecule has 8 heteroatoms. The number of rotatable bonds is 3. The number of carbonyl (C=O) groups excluding carboxylic acids is 1.